The van der Waals surface area contributed by atoms with Gasteiger partial charge in [-0.3, -0.25) is 0 Å². The number of carbonyl (C=O) groups is 1. The van der Waals surface area contributed by atoms with Gasteiger partial charge in [-0.1, -0.05) is 6.92 Å². The third-order valence-electron chi connectivity index (χ3n) is 2.56. The number of rotatable bonds is 5. The molecule has 100 valence electrons. The van der Waals surface area contributed by atoms with Crippen molar-refractivity contribution in [3.05, 3.63) is 39.3 Å². The molecule has 2 rings (SSSR count). The van der Waals surface area contributed by atoms with Crippen LogP contribution in [-0.2, 0) is 13.0 Å². The first kappa shape index (κ1) is 13.5. The first-order chi connectivity index (χ1) is 9.08. The number of aromatic carboxylic acids is 1. The van der Waals surface area contributed by atoms with E-state index in [2.05, 4.69) is 34.3 Å². The minimum atomic E-state index is -1.04. The summed E-state index contributed by atoms with van der Waals surface area (Å²) in [5, 5.41) is 12.0. The molecule has 2 N–H and O–H groups in total. The van der Waals surface area contributed by atoms with Crippen LogP contribution >= 0.6 is 11.3 Å². The number of carboxylic acid groups (broad SMARTS) is 1. The minimum absolute atomic E-state index is 0.00965. The highest BCUT2D eigenvalue weighted by Gasteiger charge is 2.08. The summed E-state index contributed by atoms with van der Waals surface area (Å²) in [7, 11) is 0. The van der Waals surface area contributed by atoms with Gasteiger partial charge in [0.15, 0.2) is 5.69 Å². The van der Waals surface area contributed by atoms with E-state index in [1.54, 1.807) is 18.3 Å². The van der Waals surface area contributed by atoms with Crippen molar-refractivity contribution in [2.45, 2.75) is 26.8 Å². The van der Waals surface area contributed by atoms with E-state index in [4.69, 9.17) is 5.11 Å². The summed E-state index contributed by atoms with van der Waals surface area (Å²) in [6.45, 7) is 4.47. The highest BCUT2D eigenvalue weighted by Crippen LogP contribution is 2.17. The van der Waals surface area contributed by atoms with Crippen LogP contribution in [-0.4, -0.2) is 21.0 Å². The predicted molar refractivity (Wildman–Crippen MR) is 74.8 cm³/mol. The summed E-state index contributed by atoms with van der Waals surface area (Å²) in [6, 6.07) is 5.61. The molecular weight excluding hydrogens is 262 g/mol. The number of aromatic nitrogens is 2. The molecule has 0 fully saturated rings. The molecule has 5 nitrogen and oxygen atoms in total. The second-order valence-corrected chi connectivity index (χ2v) is 5.35. The third-order valence-corrected chi connectivity index (χ3v) is 3.79. The zero-order valence-electron chi connectivity index (χ0n) is 10.8. The van der Waals surface area contributed by atoms with Crippen molar-refractivity contribution in [1.29, 1.82) is 0 Å². The molecule has 0 bridgehead atoms. The van der Waals surface area contributed by atoms with E-state index in [0.29, 0.717) is 18.2 Å². The Labute approximate surface area is 115 Å². The molecule has 0 radical (unpaired) electrons. The average Bonchev–Trinajstić information content (AvgIpc) is 2.83. The van der Waals surface area contributed by atoms with E-state index >= 15 is 0 Å². The summed E-state index contributed by atoms with van der Waals surface area (Å²) < 4.78 is 0. The minimum Gasteiger partial charge on any atom is -0.477 e. The second-order valence-electron chi connectivity index (χ2n) is 4.10. The fraction of sp³-hybridized carbons (Fsp3) is 0.308. The van der Waals surface area contributed by atoms with Gasteiger partial charge in [-0.2, -0.15) is 0 Å². The van der Waals surface area contributed by atoms with Gasteiger partial charge in [-0.15, -0.1) is 11.3 Å². The summed E-state index contributed by atoms with van der Waals surface area (Å²) in [6.07, 6.45) is 1.02. The standard InChI is InChI=1S/C13H15N3O2S/c1-3-9-4-5-10(19-9)7-14-13-15-8(2)6-11(16-13)12(17)18/h4-6H,3,7H2,1-2H3,(H,17,18)(H,14,15,16). The molecule has 2 aromatic rings. The molecule has 2 heterocycles. The van der Waals surface area contributed by atoms with Crippen LogP contribution in [0.5, 0.6) is 0 Å². The van der Waals surface area contributed by atoms with Gasteiger partial charge in [-0.25, -0.2) is 14.8 Å². The highest BCUT2D eigenvalue weighted by atomic mass is 32.1. The topological polar surface area (TPSA) is 75.1 Å². The zero-order valence-corrected chi connectivity index (χ0v) is 11.6. The Hall–Kier alpha value is -1.95. The number of nitrogens with zero attached hydrogens (tertiary/aromatic N) is 2. The first-order valence-corrected chi connectivity index (χ1v) is 6.80. The van der Waals surface area contributed by atoms with E-state index in [1.807, 2.05) is 0 Å². The summed E-state index contributed by atoms with van der Waals surface area (Å²) in [4.78, 5) is 21.5. The number of hydrogen-bond donors (Lipinski definition) is 2. The fourth-order valence-electron chi connectivity index (χ4n) is 1.63. The van der Waals surface area contributed by atoms with E-state index in [9.17, 15) is 4.79 Å². The van der Waals surface area contributed by atoms with E-state index in [-0.39, 0.29) is 5.69 Å². The molecule has 2 aromatic heterocycles. The van der Waals surface area contributed by atoms with Crippen molar-refractivity contribution >= 4 is 23.3 Å². The molecular formula is C13H15N3O2S. The van der Waals surface area contributed by atoms with Crippen LogP contribution in [0.15, 0.2) is 18.2 Å². The van der Waals surface area contributed by atoms with Crippen LogP contribution in [0.4, 0.5) is 5.95 Å². The molecule has 0 saturated heterocycles. The van der Waals surface area contributed by atoms with Crippen LogP contribution in [0.2, 0.25) is 0 Å². The van der Waals surface area contributed by atoms with Crippen molar-refractivity contribution in [3.63, 3.8) is 0 Å². The van der Waals surface area contributed by atoms with Crippen LogP contribution in [0.25, 0.3) is 0 Å². The number of hydrogen-bond acceptors (Lipinski definition) is 5. The number of nitrogens with one attached hydrogen (secondary N) is 1. The van der Waals surface area contributed by atoms with Gasteiger partial charge in [0.05, 0.1) is 6.54 Å². The number of thiophene rings is 1. The van der Waals surface area contributed by atoms with E-state index in [0.717, 1.165) is 6.42 Å². The van der Waals surface area contributed by atoms with Crippen molar-refractivity contribution in [3.8, 4) is 0 Å². The lowest BCUT2D eigenvalue weighted by molar-refractivity contribution is 0.0690. The van der Waals surface area contributed by atoms with Crippen LogP contribution in [0.1, 0.15) is 32.9 Å². The maximum atomic E-state index is 10.9. The quantitative estimate of drug-likeness (QED) is 0.879. The largest absolute Gasteiger partial charge is 0.477 e. The molecule has 0 aromatic carbocycles. The lowest BCUT2D eigenvalue weighted by atomic mass is 10.3. The Bertz CT molecular complexity index is 595. The monoisotopic (exact) mass is 277 g/mol. The van der Waals surface area contributed by atoms with Gasteiger partial charge in [0, 0.05) is 15.4 Å². The van der Waals surface area contributed by atoms with Crippen molar-refractivity contribution in [1.82, 2.24) is 9.97 Å². The van der Waals surface area contributed by atoms with Gasteiger partial charge in [0.2, 0.25) is 5.95 Å². The zero-order chi connectivity index (χ0) is 13.8. The molecule has 0 spiro atoms. The Morgan fingerprint density at radius 1 is 1.37 bits per heavy atom. The predicted octanol–water partition coefficient (Wildman–Crippen LogP) is 2.72. The van der Waals surface area contributed by atoms with Gasteiger partial charge < -0.3 is 10.4 Å². The molecule has 0 aliphatic rings. The van der Waals surface area contributed by atoms with Gasteiger partial charge in [0.25, 0.3) is 0 Å². The number of aryl methyl sites for hydroxylation is 2. The fourth-order valence-corrected chi connectivity index (χ4v) is 2.53. The van der Waals surface area contributed by atoms with Crippen molar-refractivity contribution in [2.24, 2.45) is 0 Å². The summed E-state index contributed by atoms with van der Waals surface area (Å²) in [5.74, 6) is -0.693. The second kappa shape index (κ2) is 5.79. The maximum absolute atomic E-state index is 10.9. The number of anilines is 1. The van der Waals surface area contributed by atoms with E-state index < -0.39 is 5.97 Å². The molecule has 19 heavy (non-hydrogen) atoms. The highest BCUT2D eigenvalue weighted by molar-refractivity contribution is 7.12. The smallest absolute Gasteiger partial charge is 0.354 e. The van der Waals surface area contributed by atoms with Gasteiger partial charge >= 0.3 is 5.97 Å². The van der Waals surface area contributed by atoms with Crippen LogP contribution in [0, 0.1) is 6.92 Å². The Balaban J connectivity index is 2.08. The molecule has 0 saturated carbocycles. The van der Waals surface area contributed by atoms with Crippen molar-refractivity contribution < 1.29 is 9.90 Å². The SMILES string of the molecule is CCc1ccc(CNc2nc(C)cc(C(=O)O)n2)s1. The third kappa shape index (κ3) is 3.51. The Morgan fingerprint density at radius 2 is 2.11 bits per heavy atom. The van der Waals surface area contributed by atoms with Gasteiger partial charge in [-0.05, 0) is 31.5 Å². The summed E-state index contributed by atoms with van der Waals surface area (Å²) >= 11 is 1.73. The number of carboxylic acids is 1. The Morgan fingerprint density at radius 3 is 2.74 bits per heavy atom. The van der Waals surface area contributed by atoms with Gasteiger partial charge in [0.1, 0.15) is 0 Å². The molecule has 0 amide bonds. The van der Waals surface area contributed by atoms with Crippen molar-refractivity contribution in [2.75, 3.05) is 5.32 Å². The molecule has 0 atom stereocenters. The lowest BCUT2D eigenvalue weighted by Gasteiger charge is -2.05. The lowest BCUT2D eigenvalue weighted by Crippen LogP contribution is -2.08. The van der Waals surface area contributed by atoms with Crippen LogP contribution < -0.4 is 5.32 Å². The maximum Gasteiger partial charge on any atom is 0.354 e. The first-order valence-electron chi connectivity index (χ1n) is 5.99. The normalized spacial score (nSPS) is 10.4. The molecule has 0 aliphatic carbocycles. The summed E-state index contributed by atoms with van der Waals surface area (Å²) in [5.41, 5.74) is 0.644. The molecule has 0 unspecified atom stereocenters. The molecule has 0 aliphatic heterocycles. The Kier molecular flexibility index (Phi) is 4.11. The van der Waals surface area contributed by atoms with E-state index in [1.165, 1.54) is 15.8 Å². The average molecular weight is 277 g/mol. The van der Waals surface area contributed by atoms with Crippen LogP contribution in [0.3, 0.4) is 0 Å². The molecule has 6 heteroatoms.